The van der Waals surface area contributed by atoms with Crippen LogP contribution in [0.25, 0.3) is 5.69 Å². The molecule has 1 fully saturated rings. The summed E-state index contributed by atoms with van der Waals surface area (Å²) in [6.45, 7) is 5.89. The molecule has 1 amide bonds. The fourth-order valence-electron chi connectivity index (χ4n) is 3.14. The Morgan fingerprint density at radius 2 is 2.00 bits per heavy atom. The van der Waals surface area contributed by atoms with Crippen molar-refractivity contribution in [3.63, 3.8) is 0 Å². The minimum atomic E-state index is 0.135. The molecule has 3 rings (SSSR count). The maximum Gasteiger partial charge on any atom is 0.257 e. The SMILES string of the molecule is CCc1c(C(=O)N2CCCCC2)cnn1-c1cccc(C)c1. The van der Waals surface area contributed by atoms with Gasteiger partial charge in [-0.1, -0.05) is 19.1 Å². The molecule has 0 N–H and O–H groups in total. The van der Waals surface area contributed by atoms with Gasteiger partial charge in [0.05, 0.1) is 23.1 Å². The Morgan fingerprint density at radius 3 is 2.68 bits per heavy atom. The predicted octanol–water partition coefficient (Wildman–Crippen LogP) is 3.37. The normalized spacial score (nSPS) is 15.1. The molecular weight excluding hydrogens is 274 g/mol. The van der Waals surface area contributed by atoms with Crippen molar-refractivity contribution in [2.45, 2.75) is 39.5 Å². The number of hydrogen-bond donors (Lipinski definition) is 0. The molecule has 0 aliphatic carbocycles. The number of likely N-dealkylation sites (tertiary alicyclic amines) is 1. The molecule has 0 unspecified atom stereocenters. The van der Waals surface area contributed by atoms with Crippen molar-refractivity contribution in [3.8, 4) is 5.69 Å². The van der Waals surface area contributed by atoms with Gasteiger partial charge in [-0.15, -0.1) is 0 Å². The van der Waals surface area contributed by atoms with E-state index < -0.39 is 0 Å². The standard InChI is InChI=1S/C18H23N3O/c1-3-17-16(18(22)20-10-5-4-6-11-20)13-19-21(17)15-9-7-8-14(2)12-15/h7-9,12-13H,3-6,10-11H2,1-2H3. The van der Waals surface area contributed by atoms with Gasteiger partial charge in [0, 0.05) is 13.1 Å². The van der Waals surface area contributed by atoms with Crippen LogP contribution >= 0.6 is 0 Å². The highest BCUT2D eigenvalue weighted by Crippen LogP contribution is 2.20. The lowest BCUT2D eigenvalue weighted by Gasteiger charge is -2.26. The second kappa shape index (κ2) is 6.34. The predicted molar refractivity (Wildman–Crippen MR) is 87.4 cm³/mol. The fourth-order valence-corrected chi connectivity index (χ4v) is 3.14. The summed E-state index contributed by atoms with van der Waals surface area (Å²) in [5.41, 5.74) is 3.97. The van der Waals surface area contributed by atoms with Crippen LogP contribution in [0.1, 0.15) is 47.8 Å². The molecule has 2 aromatic rings. The molecule has 0 saturated carbocycles. The summed E-state index contributed by atoms with van der Waals surface area (Å²) in [7, 11) is 0. The summed E-state index contributed by atoms with van der Waals surface area (Å²) < 4.78 is 1.91. The van der Waals surface area contributed by atoms with Gasteiger partial charge in [0.25, 0.3) is 5.91 Å². The second-order valence-corrected chi connectivity index (χ2v) is 5.96. The van der Waals surface area contributed by atoms with Gasteiger partial charge in [-0.2, -0.15) is 5.10 Å². The van der Waals surface area contributed by atoms with Gasteiger partial charge in [-0.05, 0) is 50.3 Å². The summed E-state index contributed by atoms with van der Waals surface area (Å²) in [6.07, 6.45) is 5.98. The molecule has 0 spiro atoms. The van der Waals surface area contributed by atoms with Gasteiger partial charge in [0.15, 0.2) is 0 Å². The Balaban J connectivity index is 1.95. The number of aryl methyl sites for hydroxylation is 1. The van der Waals surface area contributed by atoms with Gasteiger partial charge in [-0.25, -0.2) is 4.68 Å². The van der Waals surface area contributed by atoms with Crippen LogP contribution in [0.4, 0.5) is 0 Å². The third-order valence-corrected chi connectivity index (χ3v) is 4.32. The van der Waals surface area contributed by atoms with Gasteiger partial charge in [0.1, 0.15) is 0 Å². The summed E-state index contributed by atoms with van der Waals surface area (Å²) in [5.74, 6) is 0.135. The number of nitrogens with zero attached hydrogens (tertiary/aromatic N) is 3. The van der Waals surface area contributed by atoms with Crippen molar-refractivity contribution >= 4 is 5.91 Å². The summed E-state index contributed by atoms with van der Waals surface area (Å²) >= 11 is 0. The van der Waals surface area contributed by atoms with Crippen LogP contribution in [0.15, 0.2) is 30.5 Å². The number of carbonyl (C=O) groups is 1. The van der Waals surface area contributed by atoms with Crippen LogP contribution in [-0.2, 0) is 6.42 Å². The van der Waals surface area contributed by atoms with Crippen molar-refractivity contribution in [1.82, 2.24) is 14.7 Å². The van der Waals surface area contributed by atoms with E-state index in [2.05, 4.69) is 31.1 Å². The van der Waals surface area contributed by atoms with Gasteiger partial charge >= 0.3 is 0 Å². The topological polar surface area (TPSA) is 38.1 Å². The number of hydrogen-bond acceptors (Lipinski definition) is 2. The van der Waals surface area contributed by atoms with Crippen LogP contribution in [0, 0.1) is 6.92 Å². The van der Waals surface area contributed by atoms with Crippen molar-refractivity contribution in [3.05, 3.63) is 47.3 Å². The van der Waals surface area contributed by atoms with Crippen LogP contribution in [0.5, 0.6) is 0 Å². The van der Waals surface area contributed by atoms with Crippen molar-refractivity contribution in [1.29, 1.82) is 0 Å². The van der Waals surface area contributed by atoms with E-state index in [1.165, 1.54) is 12.0 Å². The highest BCUT2D eigenvalue weighted by atomic mass is 16.2. The number of rotatable bonds is 3. The molecule has 22 heavy (non-hydrogen) atoms. The lowest BCUT2D eigenvalue weighted by atomic mass is 10.1. The van der Waals surface area contributed by atoms with Crippen molar-refractivity contribution in [2.75, 3.05) is 13.1 Å². The second-order valence-electron chi connectivity index (χ2n) is 5.96. The molecule has 1 aliphatic heterocycles. The van der Waals surface area contributed by atoms with E-state index in [1.807, 2.05) is 21.7 Å². The fraction of sp³-hybridized carbons (Fsp3) is 0.444. The quantitative estimate of drug-likeness (QED) is 0.871. The zero-order valence-corrected chi connectivity index (χ0v) is 13.4. The van der Waals surface area contributed by atoms with E-state index >= 15 is 0 Å². The highest BCUT2D eigenvalue weighted by Gasteiger charge is 2.23. The largest absolute Gasteiger partial charge is 0.339 e. The first-order valence-electron chi connectivity index (χ1n) is 8.14. The van der Waals surface area contributed by atoms with Gasteiger partial charge in [0.2, 0.25) is 0 Å². The summed E-state index contributed by atoms with van der Waals surface area (Å²) in [5, 5.41) is 4.48. The number of benzene rings is 1. The number of piperidine rings is 1. The lowest BCUT2D eigenvalue weighted by Crippen LogP contribution is -2.35. The van der Waals surface area contributed by atoms with Crippen LogP contribution < -0.4 is 0 Å². The van der Waals surface area contributed by atoms with Crippen LogP contribution in [0.2, 0.25) is 0 Å². The van der Waals surface area contributed by atoms with E-state index in [1.54, 1.807) is 6.20 Å². The molecule has 0 radical (unpaired) electrons. The van der Waals surface area contributed by atoms with E-state index in [4.69, 9.17) is 0 Å². The van der Waals surface area contributed by atoms with Gasteiger partial charge in [-0.3, -0.25) is 4.79 Å². The average Bonchev–Trinajstić information content (AvgIpc) is 2.99. The third-order valence-electron chi connectivity index (χ3n) is 4.32. The molecule has 0 bridgehead atoms. The Bertz CT molecular complexity index is 669. The average molecular weight is 297 g/mol. The molecule has 4 nitrogen and oxygen atoms in total. The van der Waals surface area contributed by atoms with E-state index in [0.717, 1.165) is 49.3 Å². The van der Waals surface area contributed by atoms with Gasteiger partial charge < -0.3 is 4.90 Å². The molecule has 0 atom stereocenters. The first kappa shape index (κ1) is 14.8. The van der Waals surface area contributed by atoms with Crippen molar-refractivity contribution < 1.29 is 4.79 Å². The molecule has 1 aromatic heterocycles. The van der Waals surface area contributed by atoms with E-state index in [9.17, 15) is 4.79 Å². The minimum absolute atomic E-state index is 0.135. The maximum absolute atomic E-state index is 12.8. The Kier molecular flexibility index (Phi) is 4.27. The Morgan fingerprint density at radius 1 is 1.23 bits per heavy atom. The molecule has 1 aromatic carbocycles. The number of aromatic nitrogens is 2. The molecule has 4 heteroatoms. The molecule has 1 aliphatic rings. The molecule has 1 saturated heterocycles. The third kappa shape index (κ3) is 2.78. The minimum Gasteiger partial charge on any atom is -0.339 e. The van der Waals surface area contributed by atoms with Crippen molar-refractivity contribution in [2.24, 2.45) is 0 Å². The zero-order valence-electron chi connectivity index (χ0n) is 13.4. The smallest absolute Gasteiger partial charge is 0.257 e. The number of carbonyl (C=O) groups excluding carboxylic acids is 1. The monoisotopic (exact) mass is 297 g/mol. The first-order chi connectivity index (χ1) is 10.7. The lowest BCUT2D eigenvalue weighted by molar-refractivity contribution is 0.0723. The van der Waals surface area contributed by atoms with E-state index in [-0.39, 0.29) is 5.91 Å². The Hall–Kier alpha value is -2.10. The van der Waals surface area contributed by atoms with Crippen LogP contribution in [0.3, 0.4) is 0 Å². The molecule has 2 heterocycles. The van der Waals surface area contributed by atoms with E-state index in [0.29, 0.717) is 0 Å². The Labute approximate surface area is 131 Å². The maximum atomic E-state index is 12.8. The summed E-state index contributed by atoms with van der Waals surface area (Å²) in [4.78, 5) is 14.7. The highest BCUT2D eigenvalue weighted by molar-refractivity contribution is 5.95. The molecule has 116 valence electrons. The van der Waals surface area contributed by atoms with Crippen LogP contribution in [-0.4, -0.2) is 33.7 Å². The first-order valence-corrected chi connectivity index (χ1v) is 8.14. The number of amides is 1. The molecular formula is C18H23N3O. The summed E-state index contributed by atoms with van der Waals surface area (Å²) in [6, 6.07) is 8.23. The zero-order chi connectivity index (χ0) is 15.5.